The fourth-order valence-electron chi connectivity index (χ4n) is 5.78. The van der Waals surface area contributed by atoms with Crippen molar-refractivity contribution in [3.8, 4) is 0 Å². The van der Waals surface area contributed by atoms with Crippen LogP contribution in [-0.4, -0.2) is 70.0 Å². The first kappa shape index (κ1) is 30.4. The van der Waals surface area contributed by atoms with E-state index in [4.69, 9.17) is 16.3 Å². The Labute approximate surface area is 231 Å². The smallest absolute Gasteiger partial charge is 0.406 e. The second-order valence-electron chi connectivity index (χ2n) is 10.5. The second-order valence-corrected chi connectivity index (χ2v) is 10.9. The Kier molecular flexibility index (Phi) is 12.9. The molecule has 3 rings (SSSR count). The van der Waals surface area contributed by atoms with Gasteiger partial charge in [0, 0.05) is 43.7 Å². The summed E-state index contributed by atoms with van der Waals surface area (Å²) >= 11 is 6.09. The number of amides is 3. The first-order valence-corrected chi connectivity index (χ1v) is 14.4. The molecule has 8 nitrogen and oxygen atoms in total. The number of carbonyl (C=O) groups excluding carboxylic acids is 2. The lowest BCUT2D eigenvalue weighted by Gasteiger charge is -2.38. The van der Waals surface area contributed by atoms with Gasteiger partial charge >= 0.3 is 12.1 Å². The van der Waals surface area contributed by atoms with Crippen molar-refractivity contribution in [2.24, 2.45) is 11.8 Å². The van der Waals surface area contributed by atoms with E-state index < -0.39 is 18.0 Å². The standard InChI is InChI=1S/C28H44ClFN4O4/c1-31-18-22(17-20-9-5-3-4-6-10-20)33-27(35)34-15-8-11-21(19-34)26(38-16-14-32-28(36)37-2)23-12-7-13-24(29)25(23)30/h7,12-13,20-22,26,31H,3-6,8-11,14-19H2,1-2H3,(H,32,36)(H,33,35)/t21-,22+,26-/m1/s1. The lowest BCUT2D eigenvalue weighted by atomic mass is 9.88. The average Bonchev–Trinajstić information content (AvgIpc) is 3.19. The van der Waals surface area contributed by atoms with Gasteiger partial charge in [0.15, 0.2) is 0 Å². The Morgan fingerprint density at radius 2 is 1.92 bits per heavy atom. The number of urea groups is 1. The summed E-state index contributed by atoms with van der Waals surface area (Å²) in [5.41, 5.74) is 0.365. The average molecular weight is 555 g/mol. The molecule has 0 radical (unpaired) electrons. The number of carbonyl (C=O) groups is 2. The maximum atomic E-state index is 15.1. The summed E-state index contributed by atoms with van der Waals surface area (Å²) in [6, 6.07) is 4.87. The van der Waals surface area contributed by atoms with Crippen LogP contribution in [0.4, 0.5) is 14.0 Å². The molecule has 0 bridgehead atoms. The molecular formula is C28H44ClFN4O4. The molecule has 1 aromatic rings. The number of likely N-dealkylation sites (N-methyl/N-ethyl adjacent to an activating group) is 1. The Balaban J connectivity index is 1.66. The molecule has 10 heteroatoms. The van der Waals surface area contributed by atoms with Gasteiger partial charge in [-0.25, -0.2) is 14.0 Å². The molecule has 3 N–H and O–H groups in total. The molecule has 0 aromatic heterocycles. The van der Waals surface area contributed by atoms with Crippen molar-refractivity contribution in [3.05, 3.63) is 34.6 Å². The molecule has 1 aliphatic heterocycles. The Hall–Kier alpha value is -2.10. The summed E-state index contributed by atoms with van der Waals surface area (Å²) in [6.45, 7) is 2.20. The van der Waals surface area contributed by atoms with E-state index in [9.17, 15) is 9.59 Å². The van der Waals surface area contributed by atoms with Crippen molar-refractivity contribution in [2.75, 3.05) is 46.9 Å². The largest absolute Gasteiger partial charge is 0.453 e. The van der Waals surface area contributed by atoms with Gasteiger partial charge in [0.05, 0.1) is 24.8 Å². The van der Waals surface area contributed by atoms with Gasteiger partial charge in [0.25, 0.3) is 0 Å². The van der Waals surface area contributed by atoms with Crippen molar-refractivity contribution in [1.82, 2.24) is 20.9 Å². The minimum Gasteiger partial charge on any atom is -0.453 e. The molecule has 2 aliphatic rings. The van der Waals surface area contributed by atoms with E-state index >= 15 is 4.39 Å². The number of likely N-dealkylation sites (tertiary alicyclic amines) is 1. The van der Waals surface area contributed by atoms with Gasteiger partial charge in [-0.15, -0.1) is 0 Å². The molecule has 2 fully saturated rings. The number of nitrogens with one attached hydrogen (secondary N) is 3. The number of alkyl carbamates (subject to hydrolysis) is 1. The van der Waals surface area contributed by atoms with Crippen molar-refractivity contribution in [2.45, 2.75) is 69.9 Å². The van der Waals surface area contributed by atoms with Gasteiger partial charge in [-0.2, -0.15) is 0 Å². The summed E-state index contributed by atoms with van der Waals surface area (Å²) in [7, 11) is 3.21. The molecule has 1 heterocycles. The first-order valence-electron chi connectivity index (χ1n) is 14.0. The van der Waals surface area contributed by atoms with Crippen LogP contribution in [0.5, 0.6) is 0 Å². The molecule has 1 saturated heterocycles. The van der Waals surface area contributed by atoms with Crippen LogP contribution in [0.3, 0.4) is 0 Å². The lowest BCUT2D eigenvalue weighted by molar-refractivity contribution is -0.0106. The van der Waals surface area contributed by atoms with E-state index in [2.05, 4.69) is 20.7 Å². The molecule has 0 spiro atoms. The number of methoxy groups -OCH3 is 1. The topological polar surface area (TPSA) is 91.9 Å². The van der Waals surface area contributed by atoms with Crippen LogP contribution in [0.15, 0.2) is 18.2 Å². The van der Waals surface area contributed by atoms with Gasteiger partial charge in [-0.3, -0.25) is 0 Å². The molecule has 214 valence electrons. The number of hydrogen-bond acceptors (Lipinski definition) is 5. The van der Waals surface area contributed by atoms with Crippen molar-refractivity contribution >= 4 is 23.7 Å². The fourth-order valence-corrected chi connectivity index (χ4v) is 5.96. The summed E-state index contributed by atoms with van der Waals surface area (Å²) in [5, 5.41) is 9.12. The third kappa shape index (κ3) is 9.27. The highest BCUT2D eigenvalue weighted by molar-refractivity contribution is 6.30. The molecule has 0 unspecified atom stereocenters. The summed E-state index contributed by atoms with van der Waals surface area (Å²) in [5.74, 6) is 0.0109. The number of ether oxygens (including phenoxy) is 2. The highest BCUT2D eigenvalue weighted by Crippen LogP contribution is 2.36. The quantitative estimate of drug-likeness (QED) is 0.256. The van der Waals surface area contributed by atoms with E-state index in [0.29, 0.717) is 24.6 Å². The lowest BCUT2D eigenvalue weighted by Crippen LogP contribution is -2.52. The van der Waals surface area contributed by atoms with Gasteiger partial charge in [-0.1, -0.05) is 62.3 Å². The van der Waals surface area contributed by atoms with Crippen LogP contribution < -0.4 is 16.0 Å². The molecule has 1 aromatic carbocycles. The number of hydrogen-bond donors (Lipinski definition) is 3. The zero-order valence-corrected chi connectivity index (χ0v) is 23.5. The Bertz CT molecular complexity index is 884. The summed E-state index contributed by atoms with van der Waals surface area (Å²) in [6.07, 6.45) is 9.03. The van der Waals surface area contributed by atoms with Gasteiger partial charge in [0.1, 0.15) is 5.82 Å². The molecule has 3 amide bonds. The number of rotatable bonds is 11. The molecule has 1 saturated carbocycles. The SMILES string of the molecule is CNC[C@H](CC1CCCCCC1)NC(=O)N1CCC[C@@H]([C@@H](OCCNC(=O)OC)c2cccc(Cl)c2F)C1. The van der Waals surface area contributed by atoms with E-state index in [-0.39, 0.29) is 36.2 Å². The highest BCUT2D eigenvalue weighted by Gasteiger charge is 2.33. The van der Waals surface area contributed by atoms with Gasteiger partial charge in [-0.05, 0) is 38.3 Å². The zero-order chi connectivity index (χ0) is 27.3. The molecule has 3 atom stereocenters. The minimum atomic E-state index is -0.608. The van der Waals surface area contributed by atoms with Crippen LogP contribution in [0.25, 0.3) is 0 Å². The number of benzene rings is 1. The monoisotopic (exact) mass is 554 g/mol. The normalized spacial score (nSPS) is 20.3. The number of halogens is 2. The maximum absolute atomic E-state index is 15.1. The number of nitrogens with zero attached hydrogens (tertiary/aromatic N) is 1. The maximum Gasteiger partial charge on any atom is 0.406 e. The first-order chi connectivity index (χ1) is 18.4. The van der Waals surface area contributed by atoms with E-state index in [1.807, 2.05) is 11.9 Å². The van der Waals surface area contributed by atoms with Crippen molar-refractivity contribution < 1.29 is 23.5 Å². The second kappa shape index (κ2) is 16.1. The van der Waals surface area contributed by atoms with Crippen LogP contribution in [0.1, 0.15) is 69.5 Å². The third-order valence-electron chi connectivity index (χ3n) is 7.69. The predicted molar refractivity (Wildman–Crippen MR) is 147 cm³/mol. The summed E-state index contributed by atoms with van der Waals surface area (Å²) < 4.78 is 25.8. The van der Waals surface area contributed by atoms with E-state index in [1.165, 1.54) is 51.7 Å². The molecule has 1 aliphatic carbocycles. The molecule has 38 heavy (non-hydrogen) atoms. The zero-order valence-electron chi connectivity index (χ0n) is 22.8. The predicted octanol–water partition coefficient (Wildman–Crippen LogP) is 5.26. The Morgan fingerprint density at radius 3 is 2.63 bits per heavy atom. The van der Waals surface area contributed by atoms with Crippen LogP contribution in [0, 0.1) is 17.7 Å². The Morgan fingerprint density at radius 1 is 1.16 bits per heavy atom. The third-order valence-corrected chi connectivity index (χ3v) is 7.98. The summed E-state index contributed by atoms with van der Waals surface area (Å²) in [4.78, 5) is 26.6. The highest BCUT2D eigenvalue weighted by atomic mass is 35.5. The van der Waals surface area contributed by atoms with Gasteiger partial charge in [0.2, 0.25) is 0 Å². The van der Waals surface area contributed by atoms with Crippen molar-refractivity contribution in [1.29, 1.82) is 0 Å². The molecular weight excluding hydrogens is 511 g/mol. The van der Waals surface area contributed by atoms with Crippen molar-refractivity contribution in [3.63, 3.8) is 0 Å². The van der Waals surface area contributed by atoms with Gasteiger partial charge < -0.3 is 30.3 Å². The van der Waals surface area contributed by atoms with E-state index in [0.717, 1.165) is 25.8 Å². The van der Waals surface area contributed by atoms with E-state index in [1.54, 1.807) is 12.1 Å². The van der Waals surface area contributed by atoms with Crippen LogP contribution >= 0.6 is 11.6 Å². The minimum absolute atomic E-state index is 0.0302. The number of piperidine rings is 1. The van der Waals surface area contributed by atoms with Crippen LogP contribution in [0.2, 0.25) is 5.02 Å². The van der Waals surface area contributed by atoms with Crippen LogP contribution in [-0.2, 0) is 9.47 Å². The fraction of sp³-hybridized carbons (Fsp3) is 0.714.